The van der Waals surface area contributed by atoms with Crippen LogP contribution in [0, 0.1) is 5.92 Å². The average molecular weight is 232 g/mol. The largest absolute Gasteiger partial charge is 0.384 e. The highest BCUT2D eigenvalue weighted by atomic mass is 16.1. The lowest BCUT2D eigenvalue weighted by Crippen LogP contribution is -2.26. The van der Waals surface area contributed by atoms with Crippen molar-refractivity contribution in [3.63, 3.8) is 0 Å². The summed E-state index contributed by atoms with van der Waals surface area (Å²) in [5, 5.41) is 6.34. The quantitative estimate of drug-likeness (QED) is 0.722. The van der Waals surface area contributed by atoms with Crippen molar-refractivity contribution < 1.29 is 4.79 Å². The lowest BCUT2D eigenvalue weighted by molar-refractivity contribution is 0.0952. The molecule has 0 aliphatic carbocycles. The van der Waals surface area contributed by atoms with Crippen LogP contribution in [0.5, 0.6) is 0 Å². The lowest BCUT2D eigenvalue weighted by Gasteiger charge is -2.10. The van der Waals surface area contributed by atoms with Crippen molar-refractivity contribution in [2.45, 2.75) is 26.2 Å². The maximum Gasteiger partial charge on any atom is 0.253 e. The van der Waals surface area contributed by atoms with Gasteiger partial charge < -0.3 is 10.6 Å². The van der Waals surface area contributed by atoms with E-state index in [1.54, 1.807) is 0 Å². The Bertz CT molecular complexity index is 390. The van der Waals surface area contributed by atoms with Crippen LogP contribution in [-0.2, 0) is 0 Å². The summed E-state index contributed by atoms with van der Waals surface area (Å²) in [5.74, 6) is 0.709. The first-order chi connectivity index (χ1) is 8.27. The molecule has 0 radical (unpaired) electrons. The van der Waals surface area contributed by atoms with Gasteiger partial charge in [0.25, 0.3) is 5.91 Å². The summed E-state index contributed by atoms with van der Waals surface area (Å²) >= 11 is 0. The maximum absolute atomic E-state index is 12.0. The molecule has 0 saturated heterocycles. The van der Waals surface area contributed by atoms with Gasteiger partial charge in [0.15, 0.2) is 0 Å². The molecule has 17 heavy (non-hydrogen) atoms. The van der Waals surface area contributed by atoms with E-state index < -0.39 is 0 Å². The first-order valence-electron chi connectivity index (χ1n) is 6.38. The number of fused-ring (bicyclic) bond motifs is 1. The molecule has 1 aromatic carbocycles. The second-order valence-electron chi connectivity index (χ2n) is 4.76. The second-order valence-corrected chi connectivity index (χ2v) is 4.76. The summed E-state index contributed by atoms with van der Waals surface area (Å²) in [4.78, 5) is 12.0. The van der Waals surface area contributed by atoms with Gasteiger partial charge in [0, 0.05) is 18.8 Å². The molecular formula is C14H20N2O. The molecule has 0 bridgehead atoms. The van der Waals surface area contributed by atoms with E-state index in [-0.39, 0.29) is 5.91 Å². The molecule has 1 heterocycles. The first-order valence-corrected chi connectivity index (χ1v) is 6.38. The zero-order valence-electron chi connectivity index (χ0n) is 10.3. The van der Waals surface area contributed by atoms with E-state index in [0.717, 1.165) is 37.2 Å². The van der Waals surface area contributed by atoms with Crippen molar-refractivity contribution in [3.05, 3.63) is 29.8 Å². The molecule has 0 aromatic heterocycles. The number of rotatable bonds is 0. The maximum atomic E-state index is 12.0. The Labute approximate surface area is 103 Å². The van der Waals surface area contributed by atoms with E-state index in [9.17, 15) is 4.79 Å². The third-order valence-electron chi connectivity index (χ3n) is 3.28. The van der Waals surface area contributed by atoms with E-state index in [0.29, 0.717) is 5.92 Å². The summed E-state index contributed by atoms with van der Waals surface area (Å²) in [6, 6.07) is 7.71. The van der Waals surface area contributed by atoms with Crippen LogP contribution in [0.4, 0.5) is 5.69 Å². The average Bonchev–Trinajstić information content (AvgIpc) is 2.37. The second kappa shape index (κ2) is 5.71. The minimum atomic E-state index is 0.0298. The summed E-state index contributed by atoms with van der Waals surface area (Å²) in [5.41, 5.74) is 1.70. The highest BCUT2D eigenvalue weighted by Gasteiger charge is 2.12. The van der Waals surface area contributed by atoms with E-state index >= 15 is 0 Å². The minimum absolute atomic E-state index is 0.0298. The molecule has 2 rings (SSSR count). The summed E-state index contributed by atoms with van der Waals surface area (Å²) < 4.78 is 0. The van der Waals surface area contributed by atoms with Crippen LogP contribution in [0.2, 0.25) is 0 Å². The highest BCUT2D eigenvalue weighted by molar-refractivity contribution is 5.99. The molecule has 3 heteroatoms. The van der Waals surface area contributed by atoms with Gasteiger partial charge in [-0.25, -0.2) is 0 Å². The number of nitrogens with one attached hydrogen (secondary N) is 2. The standard InChI is InChI=1S/C14H20N2O/c1-11-5-4-9-15-13-7-3-2-6-12(13)14(17)16-10-8-11/h2-3,6-7,11,15H,4-5,8-10H2,1H3,(H,16,17). The Morgan fingerprint density at radius 3 is 2.82 bits per heavy atom. The zero-order valence-corrected chi connectivity index (χ0v) is 10.3. The Kier molecular flexibility index (Phi) is 4.02. The normalized spacial score (nSPS) is 21.7. The van der Waals surface area contributed by atoms with Crippen molar-refractivity contribution in [3.8, 4) is 0 Å². The minimum Gasteiger partial charge on any atom is -0.384 e. The SMILES string of the molecule is CC1CCCNc2ccccc2C(=O)NCC1. The number of hydrogen-bond acceptors (Lipinski definition) is 2. The number of carbonyl (C=O) groups excluding carboxylic acids is 1. The molecule has 1 aliphatic rings. The Hall–Kier alpha value is -1.51. The Balaban J connectivity index is 2.15. The molecule has 0 saturated carbocycles. The molecule has 1 aliphatic heterocycles. The van der Waals surface area contributed by atoms with Gasteiger partial charge in [0.05, 0.1) is 5.56 Å². The van der Waals surface area contributed by atoms with Crippen molar-refractivity contribution >= 4 is 11.6 Å². The molecule has 1 unspecified atom stereocenters. The van der Waals surface area contributed by atoms with Gasteiger partial charge in [0.2, 0.25) is 0 Å². The van der Waals surface area contributed by atoms with Crippen LogP contribution in [0.25, 0.3) is 0 Å². The van der Waals surface area contributed by atoms with Crippen molar-refractivity contribution in [2.24, 2.45) is 5.92 Å². The number of hydrogen-bond donors (Lipinski definition) is 2. The lowest BCUT2D eigenvalue weighted by atomic mass is 10.0. The first kappa shape index (κ1) is 12.0. The molecule has 1 aromatic rings. The van der Waals surface area contributed by atoms with E-state index in [1.165, 1.54) is 6.42 Å². The van der Waals surface area contributed by atoms with Crippen LogP contribution in [0.3, 0.4) is 0 Å². The molecule has 2 N–H and O–H groups in total. The monoisotopic (exact) mass is 232 g/mol. The number of amides is 1. The fraction of sp³-hybridized carbons (Fsp3) is 0.500. The fourth-order valence-corrected chi connectivity index (χ4v) is 2.18. The van der Waals surface area contributed by atoms with Crippen LogP contribution in [0.15, 0.2) is 24.3 Å². The zero-order chi connectivity index (χ0) is 12.1. The third kappa shape index (κ3) is 3.22. The summed E-state index contributed by atoms with van der Waals surface area (Å²) in [6.45, 7) is 3.96. The molecule has 1 atom stereocenters. The van der Waals surface area contributed by atoms with Gasteiger partial charge in [-0.05, 0) is 37.3 Å². The smallest absolute Gasteiger partial charge is 0.253 e. The van der Waals surface area contributed by atoms with Gasteiger partial charge >= 0.3 is 0 Å². The van der Waals surface area contributed by atoms with Gasteiger partial charge in [0.1, 0.15) is 0 Å². The van der Waals surface area contributed by atoms with Crippen LogP contribution in [-0.4, -0.2) is 19.0 Å². The molecular weight excluding hydrogens is 212 g/mol. The van der Waals surface area contributed by atoms with Crippen molar-refractivity contribution in [2.75, 3.05) is 18.4 Å². The fourth-order valence-electron chi connectivity index (χ4n) is 2.18. The molecule has 0 fully saturated rings. The summed E-state index contributed by atoms with van der Waals surface area (Å²) in [7, 11) is 0. The third-order valence-corrected chi connectivity index (χ3v) is 3.28. The van der Waals surface area contributed by atoms with E-state index in [4.69, 9.17) is 0 Å². The van der Waals surface area contributed by atoms with E-state index in [2.05, 4.69) is 17.6 Å². The van der Waals surface area contributed by atoms with Gasteiger partial charge in [-0.3, -0.25) is 4.79 Å². The predicted molar refractivity (Wildman–Crippen MR) is 70.3 cm³/mol. The number of benzene rings is 1. The summed E-state index contributed by atoms with van der Waals surface area (Å²) in [6.07, 6.45) is 3.43. The van der Waals surface area contributed by atoms with E-state index in [1.807, 2.05) is 24.3 Å². The van der Waals surface area contributed by atoms with Crippen LogP contribution >= 0.6 is 0 Å². The Morgan fingerprint density at radius 2 is 1.94 bits per heavy atom. The highest BCUT2D eigenvalue weighted by Crippen LogP contribution is 2.17. The molecule has 3 nitrogen and oxygen atoms in total. The topological polar surface area (TPSA) is 41.1 Å². The number of para-hydroxylation sites is 1. The van der Waals surface area contributed by atoms with Gasteiger partial charge in [-0.2, -0.15) is 0 Å². The Morgan fingerprint density at radius 1 is 1.12 bits per heavy atom. The molecule has 92 valence electrons. The van der Waals surface area contributed by atoms with Gasteiger partial charge in [-0.1, -0.05) is 19.1 Å². The van der Waals surface area contributed by atoms with Gasteiger partial charge in [-0.15, -0.1) is 0 Å². The molecule has 0 spiro atoms. The number of carbonyl (C=O) groups is 1. The number of anilines is 1. The predicted octanol–water partition coefficient (Wildman–Crippen LogP) is 2.65. The van der Waals surface area contributed by atoms with Crippen LogP contribution in [0.1, 0.15) is 36.5 Å². The van der Waals surface area contributed by atoms with Crippen molar-refractivity contribution in [1.29, 1.82) is 0 Å². The van der Waals surface area contributed by atoms with Crippen LogP contribution < -0.4 is 10.6 Å². The molecule has 1 amide bonds. The van der Waals surface area contributed by atoms with Crippen molar-refractivity contribution in [1.82, 2.24) is 5.32 Å².